The Bertz CT molecular complexity index is 1060. The Labute approximate surface area is 182 Å². The standard InChI is InChI=1S/C26H25NO4/c1-17(24(28)30-2)23(25(29)31-3)27-26(18-11-5-4-6-12-18)21-15-9-7-13-19(21)20-14-8-10-16-22(20)26/h4-17,23,27H,1-3H3/t17-,23-/m0/s1. The zero-order valence-corrected chi connectivity index (χ0v) is 17.8. The molecule has 4 rings (SSSR count). The van der Waals surface area contributed by atoms with E-state index in [1.807, 2.05) is 54.6 Å². The number of nitrogens with one attached hydrogen (secondary N) is 1. The van der Waals surface area contributed by atoms with Gasteiger partial charge in [-0.2, -0.15) is 0 Å². The van der Waals surface area contributed by atoms with Crippen LogP contribution < -0.4 is 5.32 Å². The first kappa shape index (κ1) is 20.8. The summed E-state index contributed by atoms with van der Waals surface area (Å²) < 4.78 is 10.0. The van der Waals surface area contributed by atoms with Crippen LogP contribution in [0.3, 0.4) is 0 Å². The Morgan fingerprint density at radius 1 is 0.742 bits per heavy atom. The topological polar surface area (TPSA) is 64.6 Å². The lowest BCUT2D eigenvalue weighted by Crippen LogP contribution is -2.55. The number of benzene rings is 3. The van der Waals surface area contributed by atoms with Crippen molar-refractivity contribution in [3.05, 3.63) is 95.6 Å². The molecule has 5 nitrogen and oxygen atoms in total. The van der Waals surface area contributed by atoms with Crippen LogP contribution in [0.25, 0.3) is 11.1 Å². The molecule has 5 heteroatoms. The fraction of sp³-hybridized carbons (Fsp3) is 0.231. The predicted octanol–water partition coefficient (Wildman–Crippen LogP) is 3.90. The number of carbonyl (C=O) groups is 2. The number of hydrogen-bond acceptors (Lipinski definition) is 5. The maximum Gasteiger partial charge on any atom is 0.323 e. The predicted molar refractivity (Wildman–Crippen MR) is 118 cm³/mol. The Kier molecular flexibility index (Phi) is 5.61. The molecular formula is C26H25NO4. The van der Waals surface area contributed by atoms with E-state index in [-0.39, 0.29) is 0 Å². The molecule has 2 atom stereocenters. The van der Waals surface area contributed by atoms with Gasteiger partial charge < -0.3 is 9.47 Å². The van der Waals surface area contributed by atoms with Gasteiger partial charge in [0.25, 0.3) is 0 Å². The lowest BCUT2D eigenvalue weighted by molar-refractivity contribution is -0.154. The number of fused-ring (bicyclic) bond motifs is 3. The third kappa shape index (κ3) is 3.31. The van der Waals surface area contributed by atoms with Gasteiger partial charge in [-0.1, -0.05) is 78.9 Å². The summed E-state index contributed by atoms with van der Waals surface area (Å²) in [5.74, 6) is -1.75. The summed E-state index contributed by atoms with van der Waals surface area (Å²) in [5.41, 5.74) is 4.35. The quantitative estimate of drug-likeness (QED) is 0.619. The van der Waals surface area contributed by atoms with Crippen LogP contribution in [0.1, 0.15) is 23.6 Å². The van der Waals surface area contributed by atoms with Gasteiger partial charge in [-0.25, -0.2) is 0 Å². The molecule has 0 fully saturated rings. The fourth-order valence-corrected chi connectivity index (χ4v) is 4.54. The Balaban J connectivity index is 1.98. The van der Waals surface area contributed by atoms with Gasteiger partial charge >= 0.3 is 11.9 Å². The van der Waals surface area contributed by atoms with Gasteiger partial charge in [0, 0.05) is 0 Å². The summed E-state index contributed by atoms with van der Waals surface area (Å²) in [4.78, 5) is 25.3. The number of hydrogen-bond donors (Lipinski definition) is 1. The molecule has 3 aromatic rings. The van der Waals surface area contributed by atoms with Crippen LogP contribution >= 0.6 is 0 Å². The second kappa shape index (κ2) is 8.36. The minimum atomic E-state index is -0.920. The number of ether oxygens (including phenoxy) is 2. The molecule has 31 heavy (non-hydrogen) atoms. The second-order valence-corrected chi connectivity index (χ2v) is 7.66. The van der Waals surface area contributed by atoms with E-state index in [9.17, 15) is 9.59 Å². The normalized spacial score (nSPS) is 15.3. The van der Waals surface area contributed by atoms with Crippen molar-refractivity contribution in [1.82, 2.24) is 5.32 Å². The lowest BCUT2D eigenvalue weighted by Gasteiger charge is -2.38. The number of methoxy groups -OCH3 is 2. The van der Waals surface area contributed by atoms with Crippen molar-refractivity contribution in [2.45, 2.75) is 18.5 Å². The molecule has 0 saturated heterocycles. The summed E-state index contributed by atoms with van der Waals surface area (Å²) >= 11 is 0. The van der Waals surface area contributed by atoms with Crippen molar-refractivity contribution < 1.29 is 19.1 Å². The van der Waals surface area contributed by atoms with Gasteiger partial charge in [-0.05, 0) is 34.7 Å². The van der Waals surface area contributed by atoms with Crippen molar-refractivity contribution in [2.24, 2.45) is 5.92 Å². The van der Waals surface area contributed by atoms with Crippen LogP contribution in [-0.2, 0) is 24.6 Å². The van der Waals surface area contributed by atoms with Crippen molar-refractivity contribution in [3.63, 3.8) is 0 Å². The van der Waals surface area contributed by atoms with E-state index >= 15 is 0 Å². The van der Waals surface area contributed by atoms with Crippen molar-refractivity contribution in [2.75, 3.05) is 14.2 Å². The molecule has 158 valence electrons. The molecule has 1 N–H and O–H groups in total. The van der Waals surface area contributed by atoms with E-state index in [1.54, 1.807) is 6.92 Å². The molecule has 0 bridgehead atoms. The van der Waals surface area contributed by atoms with Gasteiger partial charge in [0.2, 0.25) is 0 Å². The molecule has 1 aliphatic carbocycles. The van der Waals surface area contributed by atoms with Crippen molar-refractivity contribution in [1.29, 1.82) is 0 Å². The second-order valence-electron chi connectivity index (χ2n) is 7.66. The number of esters is 2. The monoisotopic (exact) mass is 415 g/mol. The van der Waals surface area contributed by atoms with Gasteiger partial charge in [0.1, 0.15) is 6.04 Å². The van der Waals surface area contributed by atoms with Gasteiger partial charge in [-0.15, -0.1) is 0 Å². The molecule has 1 aliphatic rings. The Morgan fingerprint density at radius 2 is 1.23 bits per heavy atom. The highest BCUT2D eigenvalue weighted by molar-refractivity contribution is 5.87. The van der Waals surface area contributed by atoms with E-state index < -0.39 is 29.4 Å². The third-order valence-corrected chi connectivity index (χ3v) is 6.06. The van der Waals surface area contributed by atoms with Crippen molar-refractivity contribution >= 4 is 11.9 Å². The summed E-state index contributed by atoms with van der Waals surface area (Å²) in [6.07, 6.45) is 0. The molecule has 0 saturated carbocycles. The Morgan fingerprint density at radius 3 is 1.74 bits per heavy atom. The first-order valence-electron chi connectivity index (χ1n) is 10.2. The molecule has 3 aromatic carbocycles. The summed E-state index contributed by atoms with van der Waals surface area (Å²) in [5, 5.41) is 3.55. The third-order valence-electron chi connectivity index (χ3n) is 6.06. The number of rotatable bonds is 6. The molecule has 0 spiro atoms. The fourth-order valence-electron chi connectivity index (χ4n) is 4.54. The van der Waals surface area contributed by atoms with Crippen LogP contribution in [0.4, 0.5) is 0 Å². The molecule has 0 radical (unpaired) electrons. The maximum atomic E-state index is 12.9. The average Bonchev–Trinajstić information content (AvgIpc) is 3.12. The van der Waals surface area contributed by atoms with Gasteiger partial charge in [0.05, 0.1) is 25.7 Å². The Hall–Kier alpha value is -3.44. The van der Waals surface area contributed by atoms with Gasteiger partial charge in [-0.3, -0.25) is 14.9 Å². The minimum Gasteiger partial charge on any atom is -0.469 e. The molecule has 0 amide bonds. The highest BCUT2D eigenvalue weighted by Gasteiger charge is 2.48. The van der Waals surface area contributed by atoms with E-state index in [1.165, 1.54) is 14.2 Å². The largest absolute Gasteiger partial charge is 0.469 e. The van der Waals surface area contributed by atoms with Gasteiger partial charge in [0.15, 0.2) is 0 Å². The van der Waals surface area contributed by atoms with E-state index in [2.05, 4.69) is 29.6 Å². The summed E-state index contributed by atoms with van der Waals surface area (Å²) in [7, 11) is 2.65. The van der Waals surface area contributed by atoms with E-state index in [4.69, 9.17) is 9.47 Å². The van der Waals surface area contributed by atoms with Crippen LogP contribution in [-0.4, -0.2) is 32.2 Å². The molecule has 0 aliphatic heterocycles. The number of carbonyl (C=O) groups excluding carboxylic acids is 2. The highest BCUT2D eigenvalue weighted by atomic mass is 16.5. The molecule has 0 heterocycles. The average molecular weight is 415 g/mol. The van der Waals surface area contributed by atoms with Crippen LogP contribution in [0.2, 0.25) is 0 Å². The first-order chi connectivity index (χ1) is 15.0. The summed E-state index contributed by atoms with van der Waals surface area (Å²) in [6.45, 7) is 1.67. The maximum absolute atomic E-state index is 12.9. The van der Waals surface area contributed by atoms with Crippen LogP contribution in [0.5, 0.6) is 0 Å². The SMILES string of the molecule is COC(=O)[C@@H](C)[C@H](NC1(c2ccccc2)c2ccccc2-c2ccccc21)C(=O)OC. The molecular weight excluding hydrogens is 390 g/mol. The van der Waals surface area contributed by atoms with Crippen LogP contribution in [0.15, 0.2) is 78.9 Å². The molecule has 0 aromatic heterocycles. The zero-order valence-electron chi connectivity index (χ0n) is 17.8. The molecule has 0 unspecified atom stereocenters. The first-order valence-corrected chi connectivity index (χ1v) is 10.2. The van der Waals surface area contributed by atoms with Crippen LogP contribution in [0, 0.1) is 5.92 Å². The smallest absolute Gasteiger partial charge is 0.323 e. The zero-order chi connectivity index (χ0) is 22.0. The lowest BCUT2D eigenvalue weighted by atomic mass is 9.79. The highest BCUT2D eigenvalue weighted by Crippen LogP contribution is 2.51. The van der Waals surface area contributed by atoms with Crippen molar-refractivity contribution in [3.8, 4) is 11.1 Å². The minimum absolute atomic E-state index is 0.481. The summed E-state index contributed by atoms with van der Waals surface area (Å²) in [6, 6.07) is 25.3. The van der Waals surface area contributed by atoms with E-state index in [0.717, 1.165) is 27.8 Å². The van der Waals surface area contributed by atoms with E-state index in [0.29, 0.717) is 0 Å².